The van der Waals surface area contributed by atoms with Crippen molar-refractivity contribution >= 4 is 40.5 Å². The van der Waals surface area contributed by atoms with Gasteiger partial charge >= 0.3 is 0 Å². The van der Waals surface area contributed by atoms with E-state index in [-0.39, 0.29) is 5.78 Å². The number of rotatable bonds is 6. The van der Waals surface area contributed by atoms with E-state index in [2.05, 4.69) is 20.6 Å². The van der Waals surface area contributed by atoms with Crippen LogP contribution in [0.5, 0.6) is 5.75 Å². The molecule has 0 spiro atoms. The zero-order valence-corrected chi connectivity index (χ0v) is 16.0. The van der Waals surface area contributed by atoms with E-state index in [1.165, 1.54) is 6.92 Å². The predicted octanol–water partition coefficient (Wildman–Crippen LogP) is 5.14. The molecule has 7 heteroatoms. The molecular formula is C20H19ClN4O2. The van der Waals surface area contributed by atoms with E-state index < -0.39 is 0 Å². The number of benzene rings is 2. The van der Waals surface area contributed by atoms with Crippen LogP contribution in [0.4, 0.5) is 23.1 Å². The highest BCUT2D eigenvalue weighted by atomic mass is 35.5. The maximum absolute atomic E-state index is 11.6. The van der Waals surface area contributed by atoms with Gasteiger partial charge in [0.15, 0.2) is 5.78 Å². The van der Waals surface area contributed by atoms with Gasteiger partial charge in [-0.15, -0.1) is 0 Å². The molecule has 6 nitrogen and oxygen atoms in total. The van der Waals surface area contributed by atoms with Gasteiger partial charge in [0.05, 0.1) is 12.8 Å². The topological polar surface area (TPSA) is 76.1 Å². The monoisotopic (exact) mass is 382 g/mol. The van der Waals surface area contributed by atoms with Crippen molar-refractivity contribution in [2.45, 2.75) is 13.8 Å². The van der Waals surface area contributed by atoms with Gasteiger partial charge in [-0.1, -0.05) is 23.7 Å². The molecule has 138 valence electrons. The Kier molecular flexibility index (Phi) is 5.57. The summed E-state index contributed by atoms with van der Waals surface area (Å²) in [6.45, 7) is 3.40. The van der Waals surface area contributed by atoms with Crippen LogP contribution in [0.15, 0.2) is 48.5 Å². The van der Waals surface area contributed by atoms with Crippen molar-refractivity contribution in [3.8, 4) is 5.75 Å². The first-order valence-electron chi connectivity index (χ1n) is 8.29. The van der Waals surface area contributed by atoms with Crippen molar-refractivity contribution in [3.05, 3.63) is 64.8 Å². The number of carbonyl (C=O) groups is 1. The number of Topliss-reactive ketones (excluding diaryl/α,β-unsaturated/α-hetero) is 1. The quantitative estimate of drug-likeness (QED) is 0.575. The van der Waals surface area contributed by atoms with Crippen LogP contribution in [0.25, 0.3) is 0 Å². The number of halogens is 1. The number of aryl methyl sites for hydroxylation is 1. The first-order valence-corrected chi connectivity index (χ1v) is 8.66. The maximum atomic E-state index is 11.6. The van der Waals surface area contributed by atoms with Crippen LogP contribution in [0, 0.1) is 6.92 Å². The lowest BCUT2D eigenvalue weighted by Crippen LogP contribution is -2.03. The molecule has 2 aromatic carbocycles. The van der Waals surface area contributed by atoms with Gasteiger partial charge in [-0.25, -0.2) is 4.98 Å². The van der Waals surface area contributed by atoms with Crippen LogP contribution >= 0.6 is 11.6 Å². The predicted molar refractivity (Wildman–Crippen MR) is 108 cm³/mol. The number of carbonyl (C=O) groups excluding carboxylic acids is 1. The van der Waals surface area contributed by atoms with E-state index in [9.17, 15) is 4.79 Å². The van der Waals surface area contributed by atoms with E-state index in [4.69, 9.17) is 16.3 Å². The number of nitrogens with zero attached hydrogens (tertiary/aromatic N) is 2. The molecular weight excluding hydrogens is 364 g/mol. The summed E-state index contributed by atoms with van der Waals surface area (Å²) in [5.41, 5.74) is 2.83. The fourth-order valence-electron chi connectivity index (χ4n) is 2.55. The Morgan fingerprint density at radius 1 is 1.07 bits per heavy atom. The zero-order valence-electron chi connectivity index (χ0n) is 15.2. The fourth-order valence-corrected chi connectivity index (χ4v) is 2.72. The van der Waals surface area contributed by atoms with Crippen molar-refractivity contribution < 1.29 is 9.53 Å². The molecule has 27 heavy (non-hydrogen) atoms. The summed E-state index contributed by atoms with van der Waals surface area (Å²) >= 11 is 6.08. The van der Waals surface area contributed by atoms with Gasteiger partial charge in [0.25, 0.3) is 0 Å². The Balaban J connectivity index is 1.88. The summed E-state index contributed by atoms with van der Waals surface area (Å²) in [4.78, 5) is 20.4. The highest BCUT2D eigenvalue weighted by Crippen LogP contribution is 2.30. The average molecular weight is 383 g/mol. The summed E-state index contributed by atoms with van der Waals surface area (Å²) in [6.07, 6.45) is 0. The summed E-state index contributed by atoms with van der Waals surface area (Å²) in [5.74, 6) is 1.66. The van der Waals surface area contributed by atoms with E-state index >= 15 is 0 Å². The molecule has 0 unspecified atom stereocenters. The smallest absolute Gasteiger partial charge is 0.229 e. The second kappa shape index (κ2) is 8.05. The second-order valence-corrected chi connectivity index (χ2v) is 6.39. The highest BCUT2D eigenvalue weighted by Gasteiger charge is 2.08. The Hall–Kier alpha value is -3.12. The molecule has 0 radical (unpaired) electrons. The minimum Gasteiger partial charge on any atom is -0.495 e. The van der Waals surface area contributed by atoms with Crippen LogP contribution in [-0.2, 0) is 0 Å². The number of nitrogens with one attached hydrogen (secondary N) is 2. The third kappa shape index (κ3) is 4.74. The fraction of sp³-hybridized carbons (Fsp3) is 0.150. The Labute approximate surface area is 162 Å². The van der Waals surface area contributed by atoms with E-state index in [0.29, 0.717) is 33.8 Å². The van der Waals surface area contributed by atoms with Crippen LogP contribution in [0.1, 0.15) is 23.0 Å². The van der Waals surface area contributed by atoms with Gasteiger partial charge in [0.1, 0.15) is 11.6 Å². The number of ketones is 1. The Bertz CT molecular complexity index is 991. The molecule has 3 aromatic rings. The summed E-state index contributed by atoms with van der Waals surface area (Å²) in [5, 5.41) is 6.93. The number of hydrogen-bond donors (Lipinski definition) is 2. The van der Waals surface area contributed by atoms with Crippen molar-refractivity contribution in [1.82, 2.24) is 9.97 Å². The SMILES string of the molecule is COc1ccc(Cl)cc1Nc1cc(C)nc(Nc2cccc(C(C)=O)c2)n1. The number of anilines is 4. The molecule has 0 aliphatic rings. The van der Waals surface area contributed by atoms with Gasteiger partial charge in [-0.3, -0.25) is 4.79 Å². The van der Waals surface area contributed by atoms with Crippen molar-refractivity contribution in [2.24, 2.45) is 0 Å². The normalized spacial score (nSPS) is 10.4. The summed E-state index contributed by atoms with van der Waals surface area (Å²) in [6, 6.07) is 14.3. The van der Waals surface area contributed by atoms with Crippen molar-refractivity contribution in [3.63, 3.8) is 0 Å². The number of hydrogen-bond acceptors (Lipinski definition) is 6. The Morgan fingerprint density at radius 3 is 2.63 bits per heavy atom. The standard InChI is InChI=1S/C20H19ClN4O2/c1-12-9-19(24-17-11-15(21)7-8-18(17)27-3)25-20(22-12)23-16-6-4-5-14(10-16)13(2)26/h4-11H,1-3H3,(H2,22,23,24,25). The third-order valence-electron chi connectivity index (χ3n) is 3.80. The van der Waals surface area contributed by atoms with Gasteiger partial charge < -0.3 is 15.4 Å². The molecule has 0 aliphatic heterocycles. The minimum absolute atomic E-state index is 0.000724. The van der Waals surface area contributed by atoms with E-state index in [1.54, 1.807) is 37.4 Å². The van der Waals surface area contributed by atoms with Gasteiger partial charge in [-0.05, 0) is 44.2 Å². The number of aromatic nitrogens is 2. The zero-order chi connectivity index (χ0) is 19.4. The Morgan fingerprint density at radius 2 is 1.89 bits per heavy atom. The van der Waals surface area contributed by atoms with Crippen LogP contribution in [-0.4, -0.2) is 22.9 Å². The number of ether oxygens (including phenoxy) is 1. The molecule has 3 rings (SSSR count). The van der Waals surface area contributed by atoms with Gasteiger partial charge in [-0.2, -0.15) is 4.98 Å². The second-order valence-electron chi connectivity index (χ2n) is 5.95. The first-order chi connectivity index (χ1) is 12.9. The minimum atomic E-state index is -0.000724. The largest absolute Gasteiger partial charge is 0.495 e. The first kappa shape index (κ1) is 18.7. The molecule has 0 bridgehead atoms. The molecule has 0 saturated heterocycles. The lowest BCUT2D eigenvalue weighted by Gasteiger charge is -2.13. The maximum Gasteiger partial charge on any atom is 0.229 e. The van der Waals surface area contributed by atoms with Gasteiger partial charge in [0, 0.05) is 28.0 Å². The molecule has 0 amide bonds. The molecule has 1 heterocycles. The number of methoxy groups -OCH3 is 1. The van der Waals surface area contributed by atoms with Crippen molar-refractivity contribution in [1.29, 1.82) is 0 Å². The summed E-state index contributed by atoms with van der Waals surface area (Å²) < 4.78 is 5.35. The lowest BCUT2D eigenvalue weighted by atomic mass is 10.1. The highest BCUT2D eigenvalue weighted by molar-refractivity contribution is 6.31. The van der Waals surface area contributed by atoms with Crippen LogP contribution < -0.4 is 15.4 Å². The summed E-state index contributed by atoms with van der Waals surface area (Å²) in [7, 11) is 1.59. The molecule has 0 atom stereocenters. The van der Waals surface area contributed by atoms with E-state index in [0.717, 1.165) is 11.4 Å². The van der Waals surface area contributed by atoms with Crippen LogP contribution in [0.2, 0.25) is 5.02 Å². The van der Waals surface area contributed by atoms with Gasteiger partial charge in [0.2, 0.25) is 5.95 Å². The van der Waals surface area contributed by atoms with Crippen molar-refractivity contribution in [2.75, 3.05) is 17.7 Å². The molecule has 0 aliphatic carbocycles. The molecule has 0 fully saturated rings. The average Bonchev–Trinajstić information content (AvgIpc) is 2.61. The third-order valence-corrected chi connectivity index (χ3v) is 4.04. The molecule has 2 N–H and O–H groups in total. The van der Waals surface area contributed by atoms with Crippen LogP contribution in [0.3, 0.4) is 0 Å². The van der Waals surface area contributed by atoms with E-state index in [1.807, 2.05) is 25.1 Å². The lowest BCUT2D eigenvalue weighted by molar-refractivity contribution is 0.101. The molecule has 0 saturated carbocycles. The molecule has 1 aromatic heterocycles.